The summed E-state index contributed by atoms with van der Waals surface area (Å²) in [6.45, 7) is 1.79. The number of para-hydroxylation sites is 1. The van der Waals surface area contributed by atoms with Crippen LogP contribution >= 0.6 is 0 Å². The molecule has 0 bridgehead atoms. The van der Waals surface area contributed by atoms with Crippen LogP contribution in [0.3, 0.4) is 0 Å². The van der Waals surface area contributed by atoms with Gasteiger partial charge in [-0.1, -0.05) is 18.2 Å². The van der Waals surface area contributed by atoms with E-state index < -0.39 is 0 Å². The Morgan fingerprint density at radius 3 is 2.58 bits per heavy atom. The van der Waals surface area contributed by atoms with Crippen molar-refractivity contribution in [2.45, 2.75) is 18.9 Å². The van der Waals surface area contributed by atoms with Crippen molar-refractivity contribution in [1.82, 2.24) is 19.8 Å². The molecule has 1 aromatic heterocycles. The van der Waals surface area contributed by atoms with Crippen molar-refractivity contribution in [2.24, 2.45) is 5.73 Å². The number of amides is 2. The van der Waals surface area contributed by atoms with Crippen LogP contribution < -0.4 is 11.1 Å². The van der Waals surface area contributed by atoms with Gasteiger partial charge in [-0.3, -0.25) is 19.1 Å². The highest BCUT2D eigenvalue weighted by molar-refractivity contribution is 5.93. The van der Waals surface area contributed by atoms with Crippen molar-refractivity contribution in [3.8, 4) is 5.69 Å². The van der Waals surface area contributed by atoms with E-state index in [1.165, 1.54) is 0 Å². The molecule has 24 heavy (non-hydrogen) atoms. The maximum atomic E-state index is 12.6. The maximum absolute atomic E-state index is 12.6. The summed E-state index contributed by atoms with van der Waals surface area (Å²) >= 11 is 0. The smallest absolute Gasteiger partial charge is 0.270 e. The molecule has 0 aliphatic carbocycles. The summed E-state index contributed by atoms with van der Waals surface area (Å²) in [5.41, 5.74) is 6.63. The SMILES string of the molecule is NC(=O)CN1CCC(NC(=O)c2cncn2-c2ccccc2)CC1. The van der Waals surface area contributed by atoms with Gasteiger partial charge in [0.2, 0.25) is 5.91 Å². The van der Waals surface area contributed by atoms with E-state index in [1.807, 2.05) is 35.2 Å². The van der Waals surface area contributed by atoms with Crippen LogP contribution in [0.1, 0.15) is 23.3 Å². The molecule has 2 heterocycles. The van der Waals surface area contributed by atoms with Crippen LogP contribution in [0.4, 0.5) is 0 Å². The van der Waals surface area contributed by atoms with Gasteiger partial charge in [0.05, 0.1) is 19.1 Å². The zero-order valence-electron chi connectivity index (χ0n) is 13.4. The molecule has 0 saturated carbocycles. The third-order valence-electron chi connectivity index (χ3n) is 4.21. The van der Waals surface area contributed by atoms with Gasteiger partial charge < -0.3 is 11.1 Å². The van der Waals surface area contributed by atoms with Crippen molar-refractivity contribution in [3.05, 3.63) is 48.5 Å². The van der Waals surface area contributed by atoms with E-state index in [2.05, 4.69) is 10.3 Å². The molecule has 7 heteroatoms. The van der Waals surface area contributed by atoms with Gasteiger partial charge >= 0.3 is 0 Å². The monoisotopic (exact) mass is 327 g/mol. The highest BCUT2D eigenvalue weighted by Gasteiger charge is 2.23. The molecule has 1 aliphatic heterocycles. The Labute approximate surface area is 140 Å². The number of benzene rings is 1. The number of carbonyl (C=O) groups excluding carboxylic acids is 2. The van der Waals surface area contributed by atoms with Crippen LogP contribution in [0.5, 0.6) is 0 Å². The minimum absolute atomic E-state index is 0.0979. The van der Waals surface area contributed by atoms with Crippen LogP contribution in [-0.2, 0) is 4.79 Å². The van der Waals surface area contributed by atoms with Crippen molar-refractivity contribution < 1.29 is 9.59 Å². The fraction of sp³-hybridized carbons (Fsp3) is 0.353. The molecule has 1 aromatic carbocycles. The Kier molecular flexibility index (Phi) is 4.90. The van der Waals surface area contributed by atoms with Gasteiger partial charge in [-0.25, -0.2) is 4.98 Å². The second-order valence-electron chi connectivity index (χ2n) is 5.97. The summed E-state index contributed by atoms with van der Waals surface area (Å²) in [5, 5.41) is 3.06. The standard InChI is InChI=1S/C17H21N5O2/c18-16(23)11-21-8-6-13(7-9-21)20-17(24)15-10-19-12-22(15)14-4-2-1-3-5-14/h1-5,10,12-13H,6-9,11H2,(H2,18,23)(H,20,24). The van der Waals surface area contributed by atoms with Crippen molar-refractivity contribution in [2.75, 3.05) is 19.6 Å². The second kappa shape index (κ2) is 7.27. The molecule has 0 spiro atoms. The molecule has 1 fully saturated rings. The fourth-order valence-corrected chi connectivity index (χ4v) is 2.97. The highest BCUT2D eigenvalue weighted by Crippen LogP contribution is 2.13. The van der Waals surface area contributed by atoms with Crippen LogP contribution in [-0.4, -0.2) is 51.9 Å². The molecule has 1 saturated heterocycles. The minimum Gasteiger partial charge on any atom is -0.369 e. The lowest BCUT2D eigenvalue weighted by Crippen LogP contribution is -2.47. The normalized spacial score (nSPS) is 16.0. The zero-order valence-corrected chi connectivity index (χ0v) is 13.4. The summed E-state index contributed by atoms with van der Waals surface area (Å²) in [6.07, 6.45) is 4.82. The number of likely N-dealkylation sites (tertiary alicyclic amines) is 1. The number of aromatic nitrogens is 2. The number of nitrogens with one attached hydrogen (secondary N) is 1. The van der Waals surface area contributed by atoms with E-state index in [4.69, 9.17) is 5.73 Å². The molecular weight excluding hydrogens is 306 g/mol. The summed E-state index contributed by atoms with van der Waals surface area (Å²) in [6, 6.07) is 9.74. The zero-order chi connectivity index (χ0) is 16.9. The average Bonchev–Trinajstić information content (AvgIpc) is 3.07. The Bertz CT molecular complexity index is 705. The topological polar surface area (TPSA) is 93.2 Å². The molecule has 3 N–H and O–H groups in total. The molecule has 126 valence electrons. The predicted molar refractivity (Wildman–Crippen MR) is 89.7 cm³/mol. The van der Waals surface area contributed by atoms with Gasteiger partial charge in [0.15, 0.2) is 0 Å². The third kappa shape index (κ3) is 3.80. The first-order chi connectivity index (χ1) is 11.6. The Morgan fingerprint density at radius 1 is 1.21 bits per heavy atom. The largest absolute Gasteiger partial charge is 0.369 e. The van der Waals surface area contributed by atoms with Gasteiger partial charge in [0.1, 0.15) is 5.69 Å². The average molecular weight is 327 g/mol. The van der Waals surface area contributed by atoms with Gasteiger partial charge in [-0.15, -0.1) is 0 Å². The third-order valence-corrected chi connectivity index (χ3v) is 4.21. The first kappa shape index (κ1) is 16.2. The lowest BCUT2D eigenvalue weighted by molar-refractivity contribution is -0.119. The number of carbonyl (C=O) groups is 2. The van der Waals surface area contributed by atoms with Gasteiger partial charge in [0.25, 0.3) is 5.91 Å². The quantitative estimate of drug-likeness (QED) is 0.839. The molecule has 1 aliphatic rings. The number of nitrogens with two attached hydrogens (primary N) is 1. The van der Waals surface area contributed by atoms with E-state index >= 15 is 0 Å². The summed E-state index contributed by atoms with van der Waals surface area (Å²) < 4.78 is 1.78. The minimum atomic E-state index is -0.316. The molecule has 7 nitrogen and oxygen atoms in total. The Balaban J connectivity index is 1.61. The molecule has 2 amide bonds. The molecule has 3 rings (SSSR count). The van der Waals surface area contributed by atoms with Gasteiger partial charge in [-0.05, 0) is 25.0 Å². The first-order valence-electron chi connectivity index (χ1n) is 8.03. The molecular formula is C17H21N5O2. The summed E-state index contributed by atoms with van der Waals surface area (Å²) in [4.78, 5) is 29.6. The number of nitrogens with zero attached hydrogens (tertiary/aromatic N) is 3. The molecule has 0 atom stereocenters. The van der Waals surface area contributed by atoms with Crippen LogP contribution in [0.15, 0.2) is 42.9 Å². The van der Waals surface area contributed by atoms with E-state index in [-0.39, 0.29) is 24.4 Å². The van der Waals surface area contributed by atoms with Crippen molar-refractivity contribution in [1.29, 1.82) is 0 Å². The first-order valence-corrected chi connectivity index (χ1v) is 8.03. The number of piperidine rings is 1. The van der Waals surface area contributed by atoms with E-state index in [0.717, 1.165) is 31.6 Å². The lowest BCUT2D eigenvalue weighted by Gasteiger charge is -2.31. The molecule has 0 radical (unpaired) electrons. The van der Waals surface area contributed by atoms with Crippen LogP contribution in [0.2, 0.25) is 0 Å². The number of imidazole rings is 1. The number of hydrogen-bond donors (Lipinski definition) is 2. The van der Waals surface area contributed by atoms with Gasteiger partial charge in [0, 0.05) is 24.8 Å². The number of hydrogen-bond acceptors (Lipinski definition) is 4. The second-order valence-corrected chi connectivity index (χ2v) is 5.97. The van der Waals surface area contributed by atoms with Crippen LogP contribution in [0, 0.1) is 0 Å². The summed E-state index contributed by atoms with van der Waals surface area (Å²) in [7, 11) is 0. The van der Waals surface area contributed by atoms with E-state index in [0.29, 0.717) is 5.69 Å². The highest BCUT2D eigenvalue weighted by atomic mass is 16.2. The van der Waals surface area contributed by atoms with Crippen LogP contribution in [0.25, 0.3) is 5.69 Å². The maximum Gasteiger partial charge on any atom is 0.270 e. The predicted octanol–water partition coefficient (Wildman–Crippen LogP) is 0.552. The fourth-order valence-electron chi connectivity index (χ4n) is 2.97. The summed E-state index contributed by atoms with van der Waals surface area (Å²) in [5.74, 6) is -0.450. The Morgan fingerprint density at radius 2 is 1.92 bits per heavy atom. The van der Waals surface area contributed by atoms with E-state index in [1.54, 1.807) is 17.1 Å². The van der Waals surface area contributed by atoms with E-state index in [9.17, 15) is 9.59 Å². The number of rotatable bonds is 5. The van der Waals surface area contributed by atoms with Gasteiger partial charge in [-0.2, -0.15) is 0 Å². The molecule has 2 aromatic rings. The Hall–Kier alpha value is -2.67. The van der Waals surface area contributed by atoms with Crippen molar-refractivity contribution in [3.63, 3.8) is 0 Å². The molecule has 0 unspecified atom stereocenters. The van der Waals surface area contributed by atoms with Crippen molar-refractivity contribution >= 4 is 11.8 Å². The number of primary amides is 1. The lowest BCUT2D eigenvalue weighted by atomic mass is 10.0.